The first kappa shape index (κ1) is 13.8. The summed E-state index contributed by atoms with van der Waals surface area (Å²) in [6, 6.07) is 7.92. The van der Waals surface area contributed by atoms with E-state index in [0.717, 1.165) is 0 Å². The Kier molecular flexibility index (Phi) is 3.87. The third-order valence-corrected chi connectivity index (χ3v) is 2.99. The summed E-state index contributed by atoms with van der Waals surface area (Å²) in [4.78, 5) is 14.9. The van der Waals surface area contributed by atoms with Gasteiger partial charge in [-0.05, 0) is 36.8 Å². The Morgan fingerprint density at radius 3 is 2.80 bits per heavy atom. The summed E-state index contributed by atoms with van der Waals surface area (Å²) in [6.07, 6.45) is 1.41. The molecule has 0 aliphatic heterocycles. The fourth-order valence-corrected chi connectivity index (χ4v) is 1.83. The van der Waals surface area contributed by atoms with Gasteiger partial charge in [-0.1, -0.05) is 11.6 Å². The average molecular weight is 289 g/mol. The van der Waals surface area contributed by atoms with Crippen molar-refractivity contribution in [3.63, 3.8) is 0 Å². The molecule has 6 heteroatoms. The van der Waals surface area contributed by atoms with Crippen LogP contribution in [0.5, 0.6) is 11.6 Å². The predicted octanol–water partition coefficient (Wildman–Crippen LogP) is 3.41. The third kappa shape index (κ3) is 2.71. The van der Waals surface area contributed by atoms with Gasteiger partial charge in [-0.3, -0.25) is 0 Å². The van der Waals surface area contributed by atoms with Gasteiger partial charge in [-0.2, -0.15) is 5.26 Å². The minimum absolute atomic E-state index is 0.105. The molecule has 0 atom stereocenters. The lowest BCUT2D eigenvalue weighted by atomic mass is 10.1. The molecule has 1 aromatic carbocycles. The molecule has 1 N–H and O–H groups in total. The highest BCUT2D eigenvalue weighted by atomic mass is 35.5. The molecule has 0 aliphatic carbocycles. The van der Waals surface area contributed by atoms with Crippen LogP contribution in [0.15, 0.2) is 30.5 Å². The topological polar surface area (TPSA) is 83.2 Å². The van der Waals surface area contributed by atoms with Gasteiger partial charge in [0.1, 0.15) is 16.8 Å². The van der Waals surface area contributed by atoms with Crippen molar-refractivity contribution in [2.45, 2.75) is 6.92 Å². The maximum absolute atomic E-state index is 10.9. The summed E-state index contributed by atoms with van der Waals surface area (Å²) >= 11 is 5.98. The molecule has 20 heavy (non-hydrogen) atoms. The number of halogens is 1. The van der Waals surface area contributed by atoms with Crippen molar-refractivity contribution in [1.82, 2.24) is 4.98 Å². The van der Waals surface area contributed by atoms with Crippen molar-refractivity contribution < 1.29 is 14.6 Å². The molecule has 2 aromatic rings. The number of hydrogen-bond acceptors (Lipinski definition) is 4. The Hall–Kier alpha value is -2.58. The van der Waals surface area contributed by atoms with Gasteiger partial charge >= 0.3 is 5.97 Å². The molecule has 0 aliphatic rings. The SMILES string of the molecule is Cc1cc(Oc2nccc(C#N)c2Cl)ccc1C(=O)O. The Balaban J connectivity index is 2.34. The van der Waals surface area contributed by atoms with Gasteiger partial charge in [0, 0.05) is 6.20 Å². The smallest absolute Gasteiger partial charge is 0.335 e. The second kappa shape index (κ2) is 5.59. The van der Waals surface area contributed by atoms with Gasteiger partial charge in [0.2, 0.25) is 5.88 Å². The van der Waals surface area contributed by atoms with Crippen LogP contribution < -0.4 is 4.74 Å². The summed E-state index contributed by atoms with van der Waals surface area (Å²) < 4.78 is 5.48. The third-order valence-electron chi connectivity index (χ3n) is 2.62. The maximum Gasteiger partial charge on any atom is 0.335 e. The van der Waals surface area contributed by atoms with Crippen LogP contribution in [0.4, 0.5) is 0 Å². The summed E-state index contributed by atoms with van der Waals surface area (Å²) in [5.74, 6) is -0.498. The van der Waals surface area contributed by atoms with E-state index < -0.39 is 5.97 Å². The highest BCUT2D eigenvalue weighted by Gasteiger charge is 2.12. The van der Waals surface area contributed by atoms with Gasteiger partial charge in [-0.15, -0.1) is 0 Å². The molecule has 100 valence electrons. The number of aromatic carboxylic acids is 1. The van der Waals surface area contributed by atoms with Crippen molar-refractivity contribution >= 4 is 17.6 Å². The number of pyridine rings is 1. The molecule has 2 rings (SSSR count). The number of carboxylic acids is 1. The fraction of sp³-hybridized carbons (Fsp3) is 0.0714. The number of hydrogen-bond donors (Lipinski definition) is 1. The molecule has 0 unspecified atom stereocenters. The van der Waals surface area contributed by atoms with Crippen LogP contribution in [0.25, 0.3) is 0 Å². The van der Waals surface area contributed by atoms with Crippen molar-refractivity contribution in [2.75, 3.05) is 0 Å². The maximum atomic E-state index is 10.9. The highest BCUT2D eigenvalue weighted by molar-refractivity contribution is 6.33. The number of aromatic nitrogens is 1. The molecule has 0 saturated heterocycles. The zero-order valence-corrected chi connectivity index (χ0v) is 11.2. The fourth-order valence-electron chi connectivity index (χ4n) is 1.63. The van der Waals surface area contributed by atoms with Gasteiger partial charge in [0.05, 0.1) is 11.1 Å². The zero-order valence-electron chi connectivity index (χ0n) is 10.4. The Labute approximate surface area is 120 Å². The van der Waals surface area contributed by atoms with E-state index >= 15 is 0 Å². The molecule has 5 nitrogen and oxygen atoms in total. The van der Waals surface area contributed by atoms with Crippen LogP contribution in [-0.4, -0.2) is 16.1 Å². The van der Waals surface area contributed by atoms with Crippen LogP contribution in [0.2, 0.25) is 5.02 Å². The number of rotatable bonds is 3. The quantitative estimate of drug-likeness (QED) is 0.935. The first-order valence-electron chi connectivity index (χ1n) is 5.59. The van der Waals surface area contributed by atoms with Crippen LogP contribution in [0.1, 0.15) is 21.5 Å². The zero-order chi connectivity index (χ0) is 14.7. The van der Waals surface area contributed by atoms with E-state index in [2.05, 4.69) is 4.98 Å². The first-order chi connectivity index (χ1) is 9.52. The number of nitrogens with zero attached hydrogens (tertiary/aromatic N) is 2. The summed E-state index contributed by atoms with van der Waals surface area (Å²) in [5.41, 5.74) is 1.01. The molecular formula is C14H9ClN2O3. The van der Waals surface area contributed by atoms with Crippen molar-refractivity contribution in [1.29, 1.82) is 5.26 Å². The number of carbonyl (C=O) groups is 1. The number of benzene rings is 1. The summed E-state index contributed by atoms with van der Waals surface area (Å²) in [6.45, 7) is 1.66. The standard InChI is InChI=1S/C14H9ClN2O3/c1-8-6-10(2-3-11(8)14(18)19)20-13-12(15)9(7-16)4-5-17-13/h2-6H,1H3,(H,18,19). The number of aryl methyl sites for hydroxylation is 1. The van der Waals surface area contributed by atoms with Crippen LogP contribution in [0.3, 0.4) is 0 Å². The number of nitriles is 1. The Morgan fingerprint density at radius 2 is 2.20 bits per heavy atom. The molecule has 1 aromatic heterocycles. The lowest BCUT2D eigenvalue weighted by Crippen LogP contribution is -2.00. The van der Waals surface area contributed by atoms with E-state index in [1.807, 2.05) is 6.07 Å². The second-order valence-electron chi connectivity index (χ2n) is 3.97. The molecule has 0 bridgehead atoms. The van der Waals surface area contributed by atoms with E-state index in [4.69, 9.17) is 26.7 Å². The second-order valence-corrected chi connectivity index (χ2v) is 4.35. The minimum Gasteiger partial charge on any atom is -0.478 e. The predicted molar refractivity (Wildman–Crippen MR) is 72.2 cm³/mol. The van der Waals surface area contributed by atoms with Crippen molar-refractivity contribution in [2.24, 2.45) is 0 Å². The normalized spacial score (nSPS) is 9.85. The largest absolute Gasteiger partial charge is 0.478 e. The molecule has 0 amide bonds. The summed E-state index contributed by atoms with van der Waals surface area (Å²) in [5, 5.41) is 17.9. The van der Waals surface area contributed by atoms with Gasteiger partial charge in [0.15, 0.2) is 0 Å². The molecular weight excluding hydrogens is 280 g/mol. The number of ether oxygens (including phenoxy) is 1. The van der Waals surface area contributed by atoms with E-state index in [-0.39, 0.29) is 22.0 Å². The Bertz CT molecular complexity index is 723. The van der Waals surface area contributed by atoms with Crippen LogP contribution in [-0.2, 0) is 0 Å². The molecule has 0 fully saturated rings. The van der Waals surface area contributed by atoms with Gasteiger partial charge in [-0.25, -0.2) is 9.78 Å². The highest BCUT2D eigenvalue weighted by Crippen LogP contribution is 2.30. The van der Waals surface area contributed by atoms with Crippen LogP contribution >= 0.6 is 11.6 Å². The van der Waals surface area contributed by atoms with E-state index in [0.29, 0.717) is 11.3 Å². The molecule has 1 heterocycles. The van der Waals surface area contributed by atoms with E-state index in [1.54, 1.807) is 13.0 Å². The molecule has 0 saturated carbocycles. The van der Waals surface area contributed by atoms with Crippen LogP contribution in [0, 0.1) is 18.3 Å². The van der Waals surface area contributed by atoms with Crippen molar-refractivity contribution in [3.05, 3.63) is 52.2 Å². The number of carboxylic acid groups (broad SMARTS) is 1. The van der Waals surface area contributed by atoms with Gasteiger partial charge < -0.3 is 9.84 Å². The molecule has 0 spiro atoms. The van der Waals surface area contributed by atoms with E-state index in [1.165, 1.54) is 24.4 Å². The lowest BCUT2D eigenvalue weighted by Gasteiger charge is -2.08. The first-order valence-corrected chi connectivity index (χ1v) is 5.97. The monoisotopic (exact) mass is 288 g/mol. The van der Waals surface area contributed by atoms with E-state index in [9.17, 15) is 4.79 Å². The van der Waals surface area contributed by atoms with Gasteiger partial charge in [0.25, 0.3) is 0 Å². The lowest BCUT2D eigenvalue weighted by molar-refractivity contribution is 0.0696. The minimum atomic E-state index is -1.00. The Morgan fingerprint density at radius 1 is 1.45 bits per heavy atom. The van der Waals surface area contributed by atoms with Crippen molar-refractivity contribution in [3.8, 4) is 17.7 Å². The molecule has 0 radical (unpaired) electrons. The summed E-state index contributed by atoms with van der Waals surface area (Å²) in [7, 11) is 0. The average Bonchev–Trinajstić information content (AvgIpc) is 2.41.